The number of carbonyl (C=O) groups excluding carboxylic acids is 3. The summed E-state index contributed by atoms with van der Waals surface area (Å²) in [5.41, 5.74) is 3.21. The SMILES string of the molecule is COC(=O)[C@H]1C(=O)NC(SCC(=O)Nc2c(C)cc(Br)cc2C)=C(C#N)[C@@H]1c1ccc(OC)c(Br)c1. The van der Waals surface area contributed by atoms with Crippen molar-refractivity contribution in [2.24, 2.45) is 5.92 Å². The molecule has 1 heterocycles. The van der Waals surface area contributed by atoms with Crippen molar-refractivity contribution in [2.75, 3.05) is 25.3 Å². The molecule has 0 saturated heterocycles. The number of ether oxygens (including phenoxy) is 2. The zero-order chi connectivity index (χ0) is 26.6. The first kappa shape index (κ1) is 27.8. The highest BCUT2D eigenvalue weighted by molar-refractivity contribution is 9.10. The highest BCUT2D eigenvalue weighted by Gasteiger charge is 2.44. The molecule has 36 heavy (non-hydrogen) atoms. The van der Waals surface area contributed by atoms with Gasteiger partial charge < -0.3 is 20.1 Å². The lowest BCUT2D eigenvalue weighted by molar-refractivity contribution is -0.150. The van der Waals surface area contributed by atoms with Crippen LogP contribution in [0.25, 0.3) is 0 Å². The lowest BCUT2D eigenvalue weighted by Crippen LogP contribution is -2.44. The van der Waals surface area contributed by atoms with E-state index in [1.807, 2.05) is 26.0 Å². The fourth-order valence-electron chi connectivity index (χ4n) is 3.98. The van der Waals surface area contributed by atoms with Gasteiger partial charge in [-0.2, -0.15) is 5.26 Å². The number of rotatable bonds is 7. The fraction of sp³-hybridized carbons (Fsp3) is 0.280. The minimum atomic E-state index is -1.27. The number of amides is 2. The molecule has 0 aliphatic carbocycles. The Morgan fingerprint density at radius 1 is 1.17 bits per heavy atom. The number of halogens is 2. The van der Waals surface area contributed by atoms with E-state index in [0.717, 1.165) is 27.4 Å². The van der Waals surface area contributed by atoms with Crippen molar-refractivity contribution >= 4 is 67.1 Å². The van der Waals surface area contributed by atoms with Crippen molar-refractivity contribution in [2.45, 2.75) is 19.8 Å². The summed E-state index contributed by atoms with van der Waals surface area (Å²) < 4.78 is 11.6. The molecule has 0 unspecified atom stereocenters. The molecule has 1 aliphatic rings. The predicted octanol–water partition coefficient (Wildman–Crippen LogP) is 4.95. The molecule has 188 valence electrons. The van der Waals surface area contributed by atoms with Crippen molar-refractivity contribution in [3.8, 4) is 11.8 Å². The predicted molar refractivity (Wildman–Crippen MR) is 144 cm³/mol. The summed E-state index contributed by atoms with van der Waals surface area (Å²) in [4.78, 5) is 38.3. The monoisotopic (exact) mass is 635 g/mol. The van der Waals surface area contributed by atoms with Gasteiger partial charge in [0, 0.05) is 16.1 Å². The summed E-state index contributed by atoms with van der Waals surface area (Å²) in [5.74, 6) is -3.35. The van der Waals surface area contributed by atoms with Crippen LogP contribution in [0.5, 0.6) is 5.75 Å². The molecule has 3 rings (SSSR count). The molecule has 0 aromatic heterocycles. The molecule has 1 aliphatic heterocycles. The number of anilines is 1. The number of aryl methyl sites for hydroxylation is 2. The maximum absolute atomic E-state index is 13.0. The topological polar surface area (TPSA) is 118 Å². The van der Waals surface area contributed by atoms with E-state index in [-0.39, 0.29) is 22.3 Å². The van der Waals surface area contributed by atoms with Gasteiger partial charge in [-0.3, -0.25) is 14.4 Å². The van der Waals surface area contributed by atoms with Crippen LogP contribution in [0.15, 0.2) is 49.9 Å². The zero-order valence-corrected chi connectivity index (χ0v) is 23.9. The molecule has 11 heteroatoms. The Labute approximate surface area is 230 Å². The minimum absolute atomic E-state index is 0.0579. The van der Waals surface area contributed by atoms with Crippen LogP contribution in [0.2, 0.25) is 0 Å². The molecule has 2 aromatic rings. The molecule has 0 spiro atoms. The van der Waals surface area contributed by atoms with Crippen LogP contribution >= 0.6 is 43.6 Å². The van der Waals surface area contributed by atoms with Crippen LogP contribution in [0.4, 0.5) is 5.69 Å². The zero-order valence-electron chi connectivity index (χ0n) is 19.9. The summed E-state index contributed by atoms with van der Waals surface area (Å²) in [5, 5.41) is 15.8. The number of methoxy groups -OCH3 is 2. The highest BCUT2D eigenvalue weighted by atomic mass is 79.9. The van der Waals surface area contributed by atoms with E-state index >= 15 is 0 Å². The van der Waals surface area contributed by atoms with Gasteiger partial charge in [-0.1, -0.05) is 33.8 Å². The summed E-state index contributed by atoms with van der Waals surface area (Å²) in [7, 11) is 2.70. The van der Waals surface area contributed by atoms with E-state index in [1.54, 1.807) is 18.2 Å². The first-order chi connectivity index (χ1) is 17.1. The molecule has 0 radical (unpaired) electrons. The van der Waals surface area contributed by atoms with E-state index < -0.39 is 23.7 Å². The molecule has 0 saturated carbocycles. The third-order valence-corrected chi connectivity index (χ3v) is 7.72. The molecule has 2 N–H and O–H groups in total. The fourth-order valence-corrected chi connectivity index (χ4v) is 6.07. The third-order valence-electron chi connectivity index (χ3n) is 5.63. The number of benzene rings is 2. The summed E-state index contributed by atoms with van der Waals surface area (Å²) in [6.45, 7) is 3.78. The maximum Gasteiger partial charge on any atom is 0.319 e. The van der Waals surface area contributed by atoms with E-state index in [9.17, 15) is 19.6 Å². The summed E-state index contributed by atoms with van der Waals surface area (Å²) >= 11 is 7.88. The Kier molecular flexibility index (Phi) is 9.22. The largest absolute Gasteiger partial charge is 0.496 e. The van der Waals surface area contributed by atoms with Gasteiger partial charge in [-0.05, 0) is 70.7 Å². The van der Waals surface area contributed by atoms with E-state index in [4.69, 9.17) is 9.47 Å². The number of nitrogens with one attached hydrogen (secondary N) is 2. The lowest BCUT2D eigenvalue weighted by atomic mass is 9.78. The van der Waals surface area contributed by atoms with Crippen LogP contribution in [-0.2, 0) is 19.1 Å². The van der Waals surface area contributed by atoms with Crippen molar-refractivity contribution < 1.29 is 23.9 Å². The van der Waals surface area contributed by atoms with Crippen LogP contribution < -0.4 is 15.4 Å². The average Bonchev–Trinajstić information content (AvgIpc) is 2.83. The molecular weight excluding hydrogens is 614 g/mol. The second-order valence-electron chi connectivity index (χ2n) is 7.97. The normalized spacial score (nSPS) is 17.2. The first-order valence-electron chi connectivity index (χ1n) is 10.7. The number of thioether (sulfide) groups is 1. The Hall–Kier alpha value is -2.81. The second-order valence-corrected chi connectivity index (χ2v) is 10.7. The molecule has 2 aromatic carbocycles. The number of hydrogen-bond donors (Lipinski definition) is 2. The van der Waals surface area contributed by atoms with Gasteiger partial charge in [-0.15, -0.1) is 0 Å². The Morgan fingerprint density at radius 3 is 2.39 bits per heavy atom. The van der Waals surface area contributed by atoms with Crippen LogP contribution in [0.1, 0.15) is 22.6 Å². The Bertz CT molecular complexity index is 1280. The summed E-state index contributed by atoms with van der Waals surface area (Å²) in [6.07, 6.45) is 0. The number of nitrogens with zero attached hydrogens (tertiary/aromatic N) is 1. The number of esters is 1. The molecular formula is C25H23Br2N3O5S. The van der Waals surface area contributed by atoms with Crippen molar-refractivity contribution in [3.05, 3.63) is 66.6 Å². The third kappa shape index (κ3) is 5.94. The standard InChI is InChI=1S/C25H23Br2N3O5S/c1-12-7-15(26)8-13(2)22(12)29-19(31)11-36-24-16(10-28)20(21(23(32)30-24)25(33)35-4)14-5-6-18(34-3)17(27)9-14/h5-9,20-21H,11H2,1-4H3,(H,29,31)(H,30,32)/t20-,21+/m0/s1. The quantitative estimate of drug-likeness (QED) is 0.326. The van der Waals surface area contributed by atoms with Gasteiger partial charge in [0.15, 0.2) is 0 Å². The molecule has 8 nitrogen and oxygen atoms in total. The van der Waals surface area contributed by atoms with Crippen molar-refractivity contribution in [3.63, 3.8) is 0 Å². The molecule has 0 fully saturated rings. The molecule has 2 atom stereocenters. The Morgan fingerprint density at radius 2 is 1.83 bits per heavy atom. The number of nitriles is 1. The van der Waals surface area contributed by atoms with Gasteiger partial charge in [0.1, 0.15) is 11.7 Å². The van der Waals surface area contributed by atoms with Gasteiger partial charge in [0.05, 0.1) is 41.1 Å². The summed E-state index contributed by atoms with van der Waals surface area (Å²) in [6, 6.07) is 11.0. The first-order valence-corrected chi connectivity index (χ1v) is 13.2. The maximum atomic E-state index is 13.0. The van der Waals surface area contributed by atoms with E-state index in [2.05, 4.69) is 48.6 Å². The number of hydrogen-bond acceptors (Lipinski definition) is 7. The van der Waals surface area contributed by atoms with Crippen molar-refractivity contribution in [1.82, 2.24) is 5.32 Å². The van der Waals surface area contributed by atoms with Gasteiger partial charge in [-0.25, -0.2) is 0 Å². The van der Waals surface area contributed by atoms with E-state index in [0.29, 0.717) is 21.5 Å². The minimum Gasteiger partial charge on any atom is -0.496 e. The van der Waals surface area contributed by atoms with Crippen LogP contribution in [0.3, 0.4) is 0 Å². The van der Waals surface area contributed by atoms with E-state index in [1.165, 1.54) is 14.2 Å². The van der Waals surface area contributed by atoms with Crippen LogP contribution in [0, 0.1) is 31.1 Å². The molecule has 2 amide bonds. The van der Waals surface area contributed by atoms with Gasteiger partial charge in [0.2, 0.25) is 11.8 Å². The second kappa shape index (κ2) is 12.0. The average molecular weight is 637 g/mol. The lowest BCUT2D eigenvalue weighted by Gasteiger charge is -2.31. The smallest absolute Gasteiger partial charge is 0.319 e. The van der Waals surface area contributed by atoms with Gasteiger partial charge >= 0.3 is 5.97 Å². The molecule has 0 bridgehead atoms. The Balaban J connectivity index is 1.93. The number of allylic oxidation sites excluding steroid dienone is 1. The van der Waals surface area contributed by atoms with Crippen LogP contribution in [-0.4, -0.2) is 37.8 Å². The van der Waals surface area contributed by atoms with Gasteiger partial charge in [0.25, 0.3) is 0 Å². The highest BCUT2D eigenvalue weighted by Crippen LogP contribution is 2.42. The number of carbonyl (C=O) groups is 3. The van der Waals surface area contributed by atoms with Crippen molar-refractivity contribution in [1.29, 1.82) is 5.26 Å².